The number of amides is 1. The zero-order valence-corrected chi connectivity index (χ0v) is 17.4. The van der Waals surface area contributed by atoms with Crippen molar-refractivity contribution in [2.75, 3.05) is 18.5 Å². The maximum absolute atomic E-state index is 12.4. The minimum atomic E-state index is -0.666. The molecule has 0 aromatic heterocycles. The van der Waals surface area contributed by atoms with Crippen LogP contribution in [0.1, 0.15) is 27.0 Å². The van der Waals surface area contributed by atoms with Gasteiger partial charge in [-0.15, -0.1) is 0 Å². The summed E-state index contributed by atoms with van der Waals surface area (Å²) < 4.78 is 10.3. The number of esters is 1. The zero-order valence-electron chi connectivity index (χ0n) is 17.4. The largest absolute Gasteiger partial charge is 0.482 e. The number of benzene rings is 3. The minimum Gasteiger partial charge on any atom is -0.482 e. The van der Waals surface area contributed by atoms with Crippen molar-refractivity contribution in [2.24, 2.45) is 0 Å². The number of rotatable bonds is 8. The molecule has 1 N–H and O–H groups in total. The molecule has 3 aromatic carbocycles. The van der Waals surface area contributed by atoms with Gasteiger partial charge in [0.05, 0.1) is 0 Å². The van der Waals surface area contributed by atoms with E-state index in [0.29, 0.717) is 22.6 Å². The predicted octanol–water partition coefficient (Wildman–Crippen LogP) is 4.10. The van der Waals surface area contributed by atoms with Crippen LogP contribution in [0.4, 0.5) is 5.69 Å². The van der Waals surface area contributed by atoms with E-state index in [1.807, 2.05) is 38.1 Å². The minimum absolute atomic E-state index is 0.0959. The lowest BCUT2D eigenvalue weighted by atomic mass is 10.0. The van der Waals surface area contributed by atoms with E-state index < -0.39 is 18.5 Å². The smallest absolute Gasteiger partial charge is 0.344 e. The number of carbonyl (C=O) groups excluding carboxylic acids is 3. The van der Waals surface area contributed by atoms with Crippen LogP contribution in [0, 0.1) is 13.8 Å². The van der Waals surface area contributed by atoms with E-state index in [-0.39, 0.29) is 12.4 Å². The second kappa shape index (κ2) is 10.2. The molecule has 31 heavy (non-hydrogen) atoms. The summed E-state index contributed by atoms with van der Waals surface area (Å²) in [5.74, 6) is -0.765. The average molecular weight is 417 g/mol. The fraction of sp³-hybridized carbons (Fsp3) is 0.160. The molecule has 0 fully saturated rings. The molecule has 0 bridgehead atoms. The highest BCUT2D eigenvalue weighted by atomic mass is 16.6. The lowest BCUT2D eigenvalue weighted by molar-refractivity contribution is -0.149. The maximum Gasteiger partial charge on any atom is 0.344 e. The molecule has 6 heteroatoms. The van der Waals surface area contributed by atoms with Crippen molar-refractivity contribution < 1.29 is 23.9 Å². The summed E-state index contributed by atoms with van der Waals surface area (Å²) in [6, 6.07) is 21.1. The number of nitrogens with one attached hydrogen (secondary N) is 1. The van der Waals surface area contributed by atoms with Crippen molar-refractivity contribution in [3.05, 3.63) is 95.1 Å². The van der Waals surface area contributed by atoms with Gasteiger partial charge in [-0.05, 0) is 49.2 Å². The Bertz CT molecular complexity index is 1050. The van der Waals surface area contributed by atoms with Gasteiger partial charge in [-0.1, -0.05) is 48.5 Å². The number of aryl methyl sites for hydroxylation is 2. The second-order valence-electron chi connectivity index (χ2n) is 6.98. The normalized spacial score (nSPS) is 10.3. The molecule has 0 spiro atoms. The molecular weight excluding hydrogens is 394 g/mol. The van der Waals surface area contributed by atoms with Crippen LogP contribution in [0.5, 0.6) is 5.75 Å². The number of ether oxygens (including phenoxy) is 2. The molecular formula is C25H23NO5. The van der Waals surface area contributed by atoms with Gasteiger partial charge in [-0.25, -0.2) is 4.79 Å². The van der Waals surface area contributed by atoms with Crippen LogP contribution >= 0.6 is 0 Å². The molecule has 0 saturated heterocycles. The van der Waals surface area contributed by atoms with E-state index in [1.54, 1.807) is 48.5 Å². The van der Waals surface area contributed by atoms with Crippen molar-refractivity contribution in [1.82, 2.24) is 0 Å². The molecule has 0 unspecified atom stereocenters. The Kier molecular flexibility index (Phi) is 7.17. The first kappa shape index (κ1) is 21.8. The third-order valence-electron chi connectivity index (χ3n) is 4.62. The molecule has 1 amide bonds. The van der Waals surface area contributed by atoms with Gasteiger partial charge in [0.15, 0.2) is 19.0 Å². The van der Waals surface area contributed by atoms with Crippen LogP contribution in [0.3, 0.4) is 0 Å². The van der Waals surface area contributed by atoms with Crippen molar-refractivity contribution in [2.45, 2.75) is 13.8 Å². The summed E-state index contributed by atoms with van der Waals surface area (Å²) in [6.07, 6.45) is 0. The van der Waals surface area contributed by atoms with E-state index in [0.717, 1.165) is 11.1 Å². The van der Waals surface area contributed by atoms with Gasteiger partial charge in [0.2, 0.25) is 0 Å². The lowest BCUT2D eigenvalue weighted by Gasteiger charge is -2.12. The van der Waals surface area contributed by atoms with Crippen molar-refractivity contribution in [3.8, 4) is 5.75 Å². The van der Waals surface area contributed by atoms with Gasteiger partial charge in [0.25, 0.3) is 5.91 Å². The average Bonchev–Trinajstić information content (AvgIpc) is 2.79. The molecule has 0 aliphatic rings. The lowest BCUT2D eigenvalue weighted by Crippen LogP contribution is -2.24. The van der Waals surface area contributed by atoms with Gasteiger partial charge in [0.1, 0.15) is 5.75 Å². The second-order valence-corrected chi connectivity index (χ2v) is 6.98. The Morgan fingerprint density at radius 3 is 2.00 bits per heavy atom. The van der Waals surface area contributed by atoms with Gasteiger partial charge in [-0.2, -0.15) is 0 Å². The summed E-state index contributed by atoms with van der Waals surface area (Å²) in [5.41, 5.74) is 3.68. The SMILES string of the molecule is Cc1cccc(C)c1NC(=O)COC(=O)COc1ccc(C(=O)c2ccccc2)cc1. The van der Waals surface area contributed by atoms with Gasteiger partial charge >= 0.3 is 5.97 Å². The van der Waals surface area contributed by atoms with Gasteiger partial charge < -0.3 is 14.8 Å². The van der Waals surface area contributed by atoms with Crippen LogP contribution in [0.25, 0.3) is 0 Å². The summed E-state index contributed by atoms with van der Waals surface area (Å²) in [7, 11) is 0. The number of hydrogen-bond acceptors (Lipinski definition) is 5. The molecule has 3 rings (SSSR count). The molecule has 0 aliphatic carbocycles. The van der Waals surface area contributed by atoms with Crippen molar-refractivity contribution in [1.29, 1.82) is 0 Å². The highest BCUT2D eigenvalue weighted by Crippen LogP contribution is 2.19. The first-order valence-electron chi connectivity index (χ1n) is 9.78. The predicted molar refractivity (Wildman–Crippen MR) is 117 cm³/mol. The van der Waals surface area contributed by atoms with E-state index in [4.69, 9.17) is 9.47 Å². The maximum atomic E-state index is 12.4. The standard InChI is InChI=1S/C25H23NO5/c1-17-7-6-8-18(2)24(17)26-22(27)15-31-23(28)16-30-21-13-11-20(12-14-21)25(29)19-9-4-3-5-10-19/h3-14H,15-16H2,1-2H3,(H,26,27). The van der Waals surface area contributed by atoms with Crippen LogP contribution in [-0.4, -0.2) is 30.9 Å². The van der Waals surface area contributed by atoms with E-state index >= 15 is 0 Å². The highest BCUT2D eigenvalue weighted by Gasteiger charge is 2.12. The van der Waals surface area contributed by atoms with E-state index in [9.17, 15) is 14.4 Å². The Morgan fingerprint density at radius 1 is 0.742 bits per heavy atom. The van der Waals surface area contributed by atoms with Crippen molar-refractivity contribution >= 4 is 23.3 Å². The fourth-order valence-electron chi connectivity index (χ4n) is 2.98. The molecule has 3 aromatic rings. The van der Waals surface area contributed by atoms with Crippen LogP contribution in [0.15, 0.2) is 72.8 Å². The molecule has 158 valence electrons. The summed E-state index contributed by atoms with van der Waals surface area (Å²) in [4.78, 5) is 36.3. The Morgan fingerprint density at radius 2 is 1.35 bits per heavy atom. The number of carbonyl (C=O) groups is 3. The molecule has 0 heterocycles. The first-order valence-corrected chi connectivity index (χ1v) is 9.78. The van der Waals surface area contributed by atoms with E-state index in [1.165, 1.54) is 0 Å². The van der Waals surface area contributed by atoms with Crippen LogP contribution in [0.2, 0.25) is 0 Å². The summed E-state index contributed by atoms with van der Waals surface area (Å²) in [6.45, 7) is 3.03. The monoisotopic (exact) mass is 417 g/mol. The molecule has 0 atom stereocenters. The fourth-order valence-corrected chi connectivity index (χ4v) is 2.98. The summed E-state index contributed by atoms with van der Waals surface area (Å²) >= 11 is 0. The molecule has 6 nitrogen and oxygen atoms in total. The molecule has 0 saturated carbocycles. The number of para-hydroxylation sites is 1. The number of hydrogen-bond donors (Lipinski definition) is 1. The third kappa shape index (κ3) is 6.02. The number of anilines is 1. The topological polar surface area (TPSA) is 81.7 Å². The van der Waals surface area contributed by atoms with Crippen LogP contribution in [-0.2, 0) is 14.3 Å². The summed E-state index contributed by atoms with van der Waals surface area (Å²) in [5, 5.41) is 2.75. The molecule has 0 aliphatic heterocycles. The Hall–Kier alpha value is -3.93. The Labute approximate surface area is 180 Å². The Balaban J connectivity index is 1.45. The zero-order chi connectivity index (χ0) is 22.2. The molecule has 0 radical (unpaired) electrons. The van der Waals surface area contributed by atoms with Gasteiger partial charge in [0, 0.05) is 16.8 Å². The number of ketones is 1. The van der Waals surface area contributed by atoms with Gasteiger partial charge in [-0.3, -0.25) is 9.59 Å². The third-order valence-corrected chi connectivity index (χ3v) is 4.62. The van der Waals surface area contributed by atoms with Crippen LogP contribution < -0.4 is 10.1 Å². The van der Waals surface area contributed by atoms with Crippen molar-refractivity contribution in [3.63, 3.8) is 0 Å². The highest BCUT2D eigenvalue weighted by molar-refractivity contribution is 6.09. The van der Waals surface area contributed by atoms with E-state index in [2.05, 4.69) is 5.32 Å². The first-order chi connectivity index (χ1) is 14.9. The quantitative estimate of drug-likeness (QED) is 0.441.